The lowest BCUT2D eigenvalue weighted by atomic mass is 9.85. The number of rotatable bonds is 6. The van der Waals surface area contributed by atoms with E-state index in [1.54, 1.807) is 7.05 Å². The monoisotopic (exact) mass is 311 g/mol. The molecular formula is C15H25N3O2S. The Morgan fingerprint density at radius 2 is 1.81 bits per heavy atom. The van der Waals surface area contributed by atoms with Crippen molar-refractivity contribution in [3.05, 3.63) is 35.9 Å². The molecule has 0 fully saturated rings. The number of benzene rings is 1. The third-order valence-electron chi connectivity index (χ3n) is 3.24. The summed E-state index contributed by atoms with van der Waals surface area (Å²) in [6.45, 7) is 5.36. The number of sulfone groups is 1. The Hall–Kier alpha value is -1.56. The van der Waals surface area contributed by atoms with E-state index in [0.717, 1.165) is 0 Å². The van der Waals surface area contributed by atoms with Crippen LogP contribution in [-0.2, 0) is 15.3 Å². The van der Waals surface area contributed by atoms with Crippen LogP contribution in [0.3, 0.4) is 0 Å². The summed E-state index contributed by atoms with van der Waals surface area (Å²) in [5, 5.41) is 6.25. The van der Waals surface area contributed by atoms with Crippen molar-refractivity contribution in [1.82, 2.24) is 10.6 Å². The fourth-order valence-electron chi connectivity index (χ4n) is 1.87. The highest BCUT2D eigenvalue weighted by Gasteiger charge is 2.20. The molecule has 1 rings (SSSR count). The topological polar surface area (TPSA) is 70.6 Å². The molecule has 118 valence electrons. The molecule has 1 aromatic carbocycles. The molecular weight excluding hydrogens is 286 g/mol. The van der Waals surface area contributed by atoms with Crippen molar-refractivity contribution in [3.8, 4) is 0 Å². The Morgan fingerprint density at radius 3 is 2.33 bits per heavy atom. The maximum absolute atomic E-state index is 11.1. The second kappa shape index (κ2) is 7.45. The number of nitrogens with zero attached hydrogens (tertiary/aromatic N) is 1. The quantitative estimate of drug-likeness (QED) is 0.611. The van der Waals surface area contributed by atoms with Gasteiger partial charge in [0.05, 0.1) is 5.75 Å². The fraction of sp³-hybridized carbons (Fsp3) is 0.533. The minimum atomic E-state index is -2.96. The highest BCUT2D eigenvalue weighted by atomic mass is 32.2. The molecule has 0 heterocycles. The van der Waals surface area contributed by atoms with E-state index in [0.29, 0.717) is 19.0 Å². The number of hydrogen-bond acceptors (Lipinski definition) is 3. The summed E-state index contributed by atoms with van der Waals surface area (Å²) in [4.78, 5) is 4.10. The molecule has 0 unspecified atom stereocenters. The van der Waals surface area contributed by atoms with E-state index in [9.17, 15) is 8.42 Å². The van der Waals surface area contributed by atoms with Crippen molar-refractivity contribution in [2.75, 3.05) is 32.1 Å². The lowest BCUT2D eigenvalue weighted by molar-refractivity contribution is 0.509. The smallest absolute Gasteiger partial charge is 0.191 e. The summed E-state index contributed by atoms with van der Waals surface area (Å²) < 4.78 is 22.2. The van der Waals surface area contributed by atoms with E-state index in [2.05, 4.69) is 41.6 Å². The number of nitrogens with one attached hydrogen (secondary N) is 2. The molecule has 0 saturated heterocycles. The van der Waals surface area contributed by atoms with Crippen molar-refractivity contribution in [2.45, 2.75) is 19.3 Å². The molecule has 0 amide bonds. The summed E-state index contributed by atoms with van der Waals surface area (Å²) in [6.07, 6.45) is 1.23. The molecule has 0 radical (unpaired) electrons. The lowest BCUT2D eigenvalue weighted by Crippen LogP contribution is -2.44. The van der Waals surface area contributed by atoms with Crippen molar-refractivity contribution in [1.29, 1.82) is 0 Å². The molecule has 0 aliphatic rings. The van der Waals surface area contributed by atoms with Gasteiger partial charge in [-0.3, -0.25) is 4.99 Å². The zero-order chi connectivity index (χ0) is 15.9. The first-order valence-electron chi connectivity index (χ1n) is 6.92. The Kier molecular flexibility index (Phi) is 6.20. The van der Waals surface area contributed by atoms with Crippen LogP contribution in [0.15, 0.2) is 35.3 Å². The van der Waals surface area contributed by atoms with Gasteiger partial charge in [0, 0.05) is 31.8 Å². The molecule has 6 heteroatoms. The van der Waals surface area contributed by atoms with Gasteiger partial charge in [0.2, 0.25) is 0 Å². The van der Waals surface area contributed by atoms with Gasteiger partial charge in [0.15, 0.2) is 5.96 Å². The lowest BCUT2D eigenvalue weighted by Gasteiger charge is -2.26. The van der Waals surface area contributed by atoms with Crippen molar-refractivity contribution >= 4 is 15.8 Å². The Bertz CT molecular complexity index is 566. The maximum atomic E-state index is 11.1. The second-order valence-corrected chi connectivity index (χ2v) is 7.99. The van der Waals surface area contributed by atoms with Crippen LogP contribution in [-0.4, -0.2) is 46.5 Å². The molecule has 2 N–H and O–H groups in total. The summed E-state index contributed by atoms with van der Waals surface area (Å²) >= 11 is 0. The molecule has 0 aliphatic heterocycles. The van der Waals surface area contributed by atoms with Gasteiger partial charge in [-0.25, -0.2) is 8.42 Å². The van der Waals surface area contributed by atoms with Crippen LogP contribution in [0.1, 0.15) is 19.4 Å². The second-order valence-electron chi connectivity index (χ2n) is 5.73. The third kappa shape index (κ3) is 6.62. The first-order valence-corrected chi connectivity index (χ1v) is 8.98. The van der Waals surface area contributed by atoms with E-state index >= 15 is 0 Å². The molecule has 0 saturated carbocycles. The zero-order valence-corrected chi connectivity index (χ0v) is 14.0. The highest BCUT2D eigenvalue weighted by Crippen LogP contribution is 2.21. The minimum absolute atomic E-state index is 0.0459. The average molecular weight is 311 g/mol. The van der Waals surface area contributed by atoms with Gasteiger partial charge in [-0.15, -0.1) is 0 Å². The van der Waals surface area contributed by atoms with Crippen LogP contribution >= 0.6 is 0 Å². The minimum Gasteiger partial charge on any atom is -0.356 e. The van der Waals surface area contributed by atoms with E-state index in [1.807, 2.05) is 18.2 Å². The first kappa shape index (κ1) is 17.5. The van der Waals surface area contributed by atoms with E-state index in [-0.39, 0.29) is 11.2 Å². The van der Waals surface area contributed by atoms with Gasteiger partial charge in [0.25, 0.3) is 0 Å². The molecule has 0 atom stereocenters. The summed E-state index contributed by atoms with van der Waals surface area (Å²) in [5.41, 5.74) is 1.19. The molecule has 21 heavy (non-hydrogen) atoms. The maximum Gasteiger partial charge on any atom is 0.191 e. The van der Waals surface area contributed by atoms with Crippen LogP contribution in [0.2, 0.25) is 0 Å². The van der Waals surface area contributed by atoms with Crippen LogP contribution in [0.5, 0.6) is 0 Å². The molecule has 0 aliphatic carbocycles. The van der Waals surface area contributed by atoms with Crippen LogP contribution in [0.4, 0.5) is 0 Å². The average Bonchev–Trinajstić information content (AvgIpc) is 2.42. The van der Waals surface area contributed by atoms with Crippen LogP contribution < -0.4 is 10.6 Å². The van der Waals surface area contributed by atoms with E-state index in [1.165, 1.54) is 11.8 Å². The third-order valence-corrected chi connectivity index (χ3v) is 4.19. The number of guanidine groups is 1. The largest absolute Gasteiger partial charge is 0.356 e. The predicted molar refractivity (Wildman–Crippen MR) is 88.5 cm³/mol. The van der Waals surface area contributed by atoms with Crippen molar-refractivity contribution in [3.63, 3.8) is 0 Å². The molecule has 0 aromatic heterocycles. The first-order chi connectivity index (χ1) is 9.74. The van der Waals surface area contributed by atoms with Crippen molar-refractivity contribution < 1.29 is 8.42 Å². The summed E-state index contributed by atoms with van der Waals surface area (Å²) in [5.74, 6) is 0.707. The SMILES string of the molecule is CN=C(NCCS(C)(=O)=O)NCC(C)(C)c1ccccc1. The fourth-order valence-corrected chi connectivity index (χ4v) is 2.34. The van der Waals surface area contributed by atoms with Gasteiger partial charge in [-0.1, -0.05) is 44.2 Å². The van der Waals surface area contributed by atoms with Gasteiger partial charge in [0.1, 0.15) is 9.84 Å². The van der Waals surface area contributed by atoms with E-state index < -0.39 is 9.84 Å². The molecule has 0 spiro atoms. The van der Waals surface area contributed by atoms with Crippen LogP contribution in [0, 0.1) is 0 Å². The predicted octanol–water partition coefficient (Wildman–Crippen LogP) is 1.17. The highest BCUT2D eigenvalue weighted by molar-refractivity contribution is 7.90. The summed E-state index contributed by atoms with van der Waals surface area (Å²) in [7, 11) is -1.29. The standard InChI is InChI=1S/C15H25N3O2S/c1-15(2,13-8-6-5-7-9-13)12-18-14(16-3)17-10-11-21(4,19)20/h5-9H,10-12H2,1-4H3,(H2,16,17,18). The zero-order valence-electron chi connectivity index (χ0n) is 13.2. The van der Waals surface area contributed by atoms with Gasteiger partial charge >= 0.3 is 0 Å². The van der Waals surface area contributed by atoms with Gasteiger partial charge < -0.3 is 10.6 Å². The molecule has 5 nitrogen and oxygen atoms in total. The Balaban J connectivity index is 2.52. The van der Waals surface area contributed by atoms with Crippen LogP contribution in [0.25, 0.3) is 0 Å². The Morgan fingerprint density at radius 1 is 1.19 bits per heavy atom. The van der Waals surface area contributed by atoms with Gasteiger partial charge in [-0.2, -0.15) is 0 Å². The van der Waals surface area contributed by atoms with E-state index in [4.69, 9.17) is 0 Å². The molecule has 1 aromatic rings. The number of hydrogen-bond donors (Lipinski definition) is 2. The normalized spacial score (nSPS) is 13.0. The van der Waals surface area contributed by atoms with Gasteiger partial charge in [-0.05, 0) is 5.56 Å². The Labute approximate surface area is 127 Å². The van der Waals surface area contributed by atoms with Crippen molar-refractivity contribution in [2.24, 2.45) is 4.99 Å². The molecule has 0 bridgehead atoms. The number of aliphatic imine (C=N–C) groups is 1. The summed E-state index contributed by atoms with van der Waals surface area (Å²) in [6, 6.07) is 10.2.